The molecule has 1 atom stereocenters. The molecule has 98 valence electrons. The van der Waals surface area contributed by atoms with Crippen molar-refractivity contribution in [2.75, 3.05) is 11.9 Å². The molecule has 1 aromatic rings. The van der Waals surface area contributed by atoms with Crippen LogP contribution in [0.1, 0.15) is 6.42 Å². The number of nitrogens with one attached hydrogen (secondary N) is 2. The standard InChI is InChI=1S/C11H13ClN2O4/c12-7-1-3-8(4-2-7)13-11(18)14-9(5-6-15)10(16)17/h1-4,9,15H,5-6H2,(H,16,17)(H2,13,14,18). The summed E-state index contributed by atoms with van der Waals surface area (Å²) in [5.74, 6) is -1.20. The molecule has 0 aliphatic rings. The third-order valence-corrected chi connectivity index (χ3v) is 2.38. The van der Waals surface area contributed by atoms with E-state index in [4.69, 9.17) is 21.8 Å². The fourth-order valence-electron chi connectivity index (χ4n) is 1.25. The molecule has 7 heteroatoms. The van der Waals surface area contributed by atoms with Gasteiger partial charge in [-0.3, -0.25) is 0 Å². The number of halogens is 1. The number of hydrogen-bond acceptors (Lipinski definition) is 3. The number of benzene rings is 1. The molecule has 2 amide bonds. The lowest BCUT2D eigenvalue weighted by Crippen LogP contribution is -2.43. The second kappa shape index (κ2) is 6.83. The van der Waals surface area contributed by atoms with E-state index in [0.717, 1.165) is 0 Å². The van der Waals surface area contributed by atoms with Crippen LogP contribution in [0, 0.1) is 0 Å². The number of carboxylic acid groups (broad SMARTS) is 1. The Balaban J connectivity index is 2.54. The van der Waals surface area contributed by atoms with Crippen molar-refractivity contribution in [3.05, 3.63) is 29.3 Å². The fraction of sp³-hybridized carbons (Fsp3) is 0.273. The summed E-state index contributed by atoms with van der Waals surface area (Å²) in [4.78, 5) is 22.2. The molecular formula is C11H13ClN2O4. The summed E-state index contributed by atoms with van der Waals surface area (Å²) < 4.78 is 0. The molecule has 0 spiro atoms. The maximum Gasteiger partial charge on any atom is 0.326 e. The minimum Gasteiger partial charge on any atom is -0.480 e. The zero-order chi connectivity index (χ0) is 13.5. The quantitative estimate of drug-likeness (QED) is 0.649. The summed E-state index contributed by atoms with van der Waals surface area (Å²) in [5.41, 5.74) is 0.491. The average Bonchev–Trinajstić information content (AvgIpc) is 2.31. The van der Waals surface area contributed by atoms with Gasteiger partial charge in [-0.05, 0) is 24.3 Å². The molecule has 0 aliphatic heterocycles. The van der Waals surface area contributed by atoms with Crippen molar-refractivity contribution in [3.8, 4) is 0 Å². The van der Waals surface area contributed by atoms with Gasteiger partial charge in [-0.1, -0.05) is 11.6 Å². The van der Waals surface area contributed by atoms with Crippen LogP contribution in [0.25, 0.3) is 0 Å². The minimum absolute atomic E-state index is 0.0522. The zero-order valence-electron chi connectivity index (χ0n) is 9.39. The molecule has 0 saturated heterocycles. The Hall–Kier alpha value is -1.79. The van der Waals surface area contributed by atoms with E-state index in [1.807, 2.05) is 0 Å². The number of carbonyl (C=O) groups excluding carboxylic acids is 1. The van der Waals surface area contributed by atoms with Crippen LogP contribution in [0.5, 0.6) is 0 Å². The second-order valence-corrected chi connectivity index (χ2v) is 3.94. The summed E-state index contributed by atoms with van der Waals surface area (Å²) in [6.07, 6.45) is -0.0522. The molecule has 4 N–H and O–H groups in total. The predicted octanol–water partition coefficient (Wildman–Crippen LogP) is 1.30. The van der Waals surface area contributed by atoms with Gasteiger partial charge in [0, 0.05) is 23.7 Å². The van der Waals surface area contributed by atoms with Gasteiger partial charge in [0.15, 0.2) is 0 Å². The number of carboxylic acids is 1. The van der Waals surface area contributed by atoms with Crippen LogP contribution in [0.4, 0.5) is 10.5 Å². The van der Waals surface area contributed by atoms with E-state index in [2.05, 4.69) is 10.6 Å². The Morgan fingerprint density at radius 3 is 2.39 bits per heavy atom. The lowest BCUT2D eigenvalue weighted by atomic mass is 10.2. The second-order valence-electron chi connectivity index (χ2n) is 3.51. The molecule has 6 nitrogen and oxygen atoms in total. The van der Waals surface area contributed by atoms with Gasteiger partial charge in [-0.2, -0.15) is 0 Å². The van der Waals surface area contributed by atoms with Crippen LogP contribution < -0.4 is 10.6 Å². The van der Waals surface area contributed by atoms with Crippen LogP contribution in [0.15, 0.2) is 24.3 Å². The van der Waals surface area contributed by atoms with E-state index in [1.165, 1.54) is 0 Å². The van der Waals surface area contributed by atoms with Gasteiger partial charge in [0.2, 0.25) is 0 Å². The molecule has 0 aromatic heterocycles. The highest BCUT2D eigenvalue weighted by Crippen LogP contribution is 2.13. The number of rotatable bonds is 5. The van der Waals surface area contributed by atoms with E-state index in [-0.39, 0.29) is 13.0 Å². The van der Waals surface area contributed by atoms with Gasteiger partial charge in [0.05, 0.1) is 0 Å². The third-order valence-electron chi connectivity index (χ3n) is 2.12. The van der Waals surface area contributed by atoms with Gasteiger partial charge in [-0.15, -0.1) is 0 Å². The number of amides is 2. The van der Waals surface area contributed by atoms with Gasteiger partial charge in [0.1, 0.15) is 6.04 Å². The lowest BCUT2D eigenvalue weighted by Gasteiger charge is -2.13. The Morgan fingerprint density at radius 2 is 1.89 bits per heavy atom. The summed E-state index contributed by atoms with van der Waals surface area (Å²) >= 11 is 5.68. The molecule has 0 saturated carbocycles. The van der Waals surface area contributed by atoms with E-state index >= 15 is 0 Å². The fourth-order valence-corrected chi connectivity index (χ4v) is 1.37. The summed E-state index contributed by atoms with van der Waals surface area (Å²) in [5, 5.41) is 22.7. The Morgan fingerprint density at radius 1 is 1.28 bits per heavy atom. The Bertz CT molecular complexity index is 422. The monoisotopic (exact) mass is 272 g/mol. The number of aliphatic hydroxyl groups excluding tert-OH is 1. The number of aliphatic hydroxyl groups is 1. The van der Waals surface area contributed by atoms with Crippen molar-refractivity contribution in [1.29, 1.82) is 0 Å². The molecular weight excluding hydrogens is 260 g/mol. The van der Waals surface area contributed by atoms with Gasteiger partial charge < -0.3 is 20.8 Å². The SMILES string of the molecule is O=C(Nc1ccc(Cl)cc1)NC(CCO)C(=O)O. The minimum atomic E-state index is -1.20. The lowest BCUT2D eigenvalue weighted by molar-refractivity contribution is -0.139. The molecule has 1 rings (SSSR count). The van der Waals surface area contributed by atoms with Crippen LogP contribution in [-0.4, -0.2) is 34.9 Å². The van der Waals surface area contributed by atoms with Crippen molar-refractivity contribution >= 4 is 29.3 Å². The molecule has 1 aromatic carbocycles. The summed E-state index contributed by atoms with van der Waals surface area (Å²) in [6, 6.07) is 4.59. The Kier molecular flexibility index (Phi) is 5.41. The van der Waals surface area contributed by atoms with Gasteiger partial charge in [-0.25, -0.2) is 9.59 Å². The molecule has 0 fully saturated rings. The Labute approximate surface area is 109 Å². The molecule has 0 heterocycles. The average molecular weight is 273 g/mol. The van der Waals surface area contributed by atoms with E-state index in [1.54, 1.807) is 24.3 Å². The summed E-state index contributed by atoms with van der Waals surface area (Å²) in [7, 11) is 0. The first-order chi connectivity index (χ1) is 8.52. The van der Waals surface area contributed by atoms with Crippen LogP contribution >= 0.6 is 11.6 Å². The molecule has 0 aliphatic carbocycles. The van der Waals surface area contributed by atoms with Gasteiger partial charge >= 0.3 is 12.0 Å². The smallest absolute Gasteiger partial charge is 0.326 e. The van der Waals surface area contributed by atoms with Crippen molar-refractivity contribution in [1.82, 2.24) is 5.32 Å². The van der Waals surface area contributed by atoms with Crippen LogP contribution in [-0.2, 0) is 4.79 Å². The van der Waals surface area contributed by atoms with Crippen molar-refractivity contribution in [2.24, 2.45) is 0 Å². The number of hydrogen-bond donors (Lipinski definition) is 4. The summed E-state index contributed by atoms with van der Waals surface area (Å²) in [6.45, 7) is -0.321. The molecule has 0 bridgehead atoms. The van der Waals surface area contributed by atoms with Crippen molar-refractivity contribution in [2.45, 2.75) is 12.5 Å². The van der Waals surface area contributed by atoms with Crippen LogP contribution in [0.3, 0.4) is 0 Å². The van der Waals surface area contributed by atoms with E-state index in [0.29, 0.717) is 10.7 Å². The highest BCUT2D eigenvalue weighted by molar-refractivity contribution is 6.30. The first-order valence-electron chi connectivity index (χ1n) is 5.19. The maximum absolute atomic E-state index is 11.5. The number of urea groups is 1. The molecule has 0 radical (unpaired) electrons. The molecule has 18 heavy (non-hydrogen) atoms. The predicted molar refractivity (Wildman–Crippen MR) is 66.7 cm³/mol. The van der Waals surface area contributed by atoms with Crippen LogP contribution in [0.2, 0.25) is 5.02 Å². The van der Waals surface area contributed by atoms with Crippen molar-refractivity contribution in [3.63, 3.8) is 0 Å². The highest BCUT2D eigenvalue weighted by Gasteiger charge is 2.18. The maximum atomic E-state index is 11.5. The van der Waals surface area contributed by atoms with Gasteiger partial charge in [0.25, 0.3) is 0 Å². The first-order valence-corrected chi connectivity index (χ1v) is 5.57. The van der Waals surface area contributed by atoms with E-state index < -0.39 is 18.0 Å². The normalized spacial score (nSPS) is 11.7. The largest absolute Gasteiger partial charge is 0.480 e. The number of anilines is 1. The van der Waals surface area contributed by atoms with Crippen molar-refractivity contribution < 1.29 is 19.8 Å². The number of carbonyl (C=O) groups is 2. The third kappa shape index (κ3) is 4.60. The number of aliphatic carboxylic acids is 1. The zero-order valence-corrected chi connectivity index (χ0v) is 10.1. The van der Waals surface area contributed by atoms with E-state index in [9.17, 15) is 9.59 Å². The highest BCUT2D eigenvalue weighted by atomic mass is 35.5. The first kappa shape index (κ1) is 14.3. The molecule has 1 unspecified atom stereocenters. The topological polar surface area (TPSA) is 98.7 Å².